The van der Waals surface area contributed by atoms with Crippen LogP contribution >= 0.6 is 0 Å². The monoisotopic (exact) mass is 437 g/mol. The zero-order valence-corrected chi connectivity index (χ0v) is 18.3. The minimum atomic E-state index is -4.39. The van der Waals surface area contributed by atoms with Gasteiger partial charge in [0, 0.05) is 31.0 Å². The summed E-state index contributed by atoms with van der Waals surface area (Å²) in [6.45, 7) is 6.66. The molecule has 5 nitrogen and oxygen atoms in total. The van der Waals surface area contributed by atoms with Gasteiger partial charge >= 0.3 is 6.18 Å². The lowest BCUT2D eigenvalue weighted by atomic mass is 9.89. The molecule has 1 fully saturated rings. The number of rotatable bonds is 6. The summed E-state index contributed by atoms with van der Waals surface area (Å²) in [6, 6.07) is 4.90. The molecule has 8 heteroatoms. The Balaban J connectivity index is 1.67. The molecule has 0 atom stereocenters. The molecular weight excluding hydrogens is 407 g/mol. The topological polar surface area (TPSA) is 59.2 Å². The van der Waals surface area contributed by atoms with Crippen molar-refractivity contribution in [3.63, 3.8) is 0 Å². The van der Waals surface area contributed by atoms with Gasteiger partial charge in [0.05, 0.1) is 5.56 Å². The molecule has 3 rings (SSSR count). The summed E-state index contributed by atoms with van der Waals surface area (Å²) in [5.74, 6) is 0.759. The first kappa shape index (κ1) is 23.3. The molecule has 2 aromatic rings. The molecule has 1 aliphatic rings. The van der Waals surface area contributed by atoms with Crippen LogP contribution < -0.4 is 0 Å². The molecule has 0 N–H and O–H groups in total. The Morgan fingerprint density at radius 1 is 1.10 bits per heavy atom. The van der Waals surface area contributed by atoms with Crippen molar-refractivity contribution in [2.24, 2.45) is 5.41 Å². The predicted octanol–water partition coefficient (Wildman–Crippen LogP) is 5.90. The van der Waals surface area contributed by atoms with Crippen molar-refractivity contribution < 1.29 is 22.5 Å². The predicted molar refractivity (Wildman–Crippen MR) is 111 cm³/mol. The normalized spacial score (nSPS) is 15.8. The fourth-order valence-electron chi connectivity index (χ4n) is 3.96. The summed E-state index contributed by atoms with van der Waals surface area (Å²) in [5, 5.41) is 3.90. The van der Waals surface area contributed by atoms with Crippen molar-refractivity contribution in [3.8, 4) is 11.4 Å². The molecule has 1 saturated carbocycles. The maximum absolute atomic E-state index is 13.0. The van der Waals surface area contributed by atoms with Crippen LogP contribution in [-0.2, 0) is 17.4 Å². The highest BCUT2D eigenvalue weighted by molar-refractivity contribution is 5.77. The van der Waals surface area contributed by atoms with E-state index < -0.39 is 11.7 Å². The minimum absolute atomic E-state index is 0.0930. The summed E-state index contributed by atoms with van der Waals surface area (Å²) in [6.07, 6.45) is 1.99. The summed E-state index contributed by atoms with van der Waals surface area (Å²) in [7, 11) is 0. The molecule has 1 amide bonds. The molecular formula is C23H30F3N3O2. The van der Waals surface area contributed by atoms with E-state index in [4.69, 9.17) is 4.52 Å². The SMILES string of the molecule is CC(C)(C)CC(=O)N(CCc1nc(-c2ccc(C(F)(F)F)cc2)no1)C1CCCCC1. The van der Waals surface area contributed by atoms with Crippen LogP contribution in [0.15, 0.2) is 28.8 Å². The minimum Gasteiger partial charge on any atom is -0.339 e. The van der Waals surface area contributed by atoms with Crippen LogP contribution in [0.2, 0.25) is 0 Å². The second-order valence-electron chi connectivity index (χ2n) is 9.45. The zero-order chi connectivity index (χ0) is 22.6. The van der Waals surface area contributed by atoms with Gasteiger partial charge < -0.3 is 9.42 Å². The van der Waals surface area contributed by atoms with Gasteiger partial charge in [-0.1, -0.05) is 57.3 Å². The highest BCUT2D eigenvalue weighted by atomic mass is 19.4. The maximum atomic E-state index is 13.0. The van der Waals surface area contributed by atoms with E-state index in [-0.39, 0.29) is 23.2 Å². The van der Waals surface area contributed by atoms with Gasteiger partial charge in [-0.3, -0.25) is 4.79 Å². The highest BCUT2D eigenvalue weighted by Gasteiger charge is 2.30. The molecule has 0 spiro atoms. The third-order valence-electron chi connectivity index (χ3n) is 5.52. The van der Waals surface area contributed by atoms with E-state index in [9.17, 15) is 18.0 Å². The Bertz CT molecular complexity index is 863. The molecule has 31 heavy (non-hydrogen) atoms. The lowest BCUT2D eigenvalue weighted by Gasteiger charge is -2.35. The number of hydrogen-bond acceptors (Lipinski definition) is 4. The standard InChI is InChI=1S/C23H30F3N3O2/c1-22(2,3)15-20(30)29(18-7-5-4-6-8-18)14-13-19-27-21(28-31-19)16-9-11-17(12-10-16)23(24,25)26/h9-12,18H,4-8,13-15H2,1-3H3. The van der Waals surface area contributed by atoms with Crippen molar-refractivity contribution in [1.29, 1.82) is 0 Å². The van der Waals surface area contributed by atoms with Gasteiger partial charge in [-0.25, -0.2) is 0 Å². The number of alkyl halides is 3. The molecule has 1 aromatic heterocycles. The molecule has 1 heterocycles. The Morgan fingerprint density at radius 2 is 1.74 bits per heavy atom. The molecule has 0 saturated heterocycles. The number of hydrogen-bond donors (Lipinski definition) is 0. The molecule has 0 radical (unpaired) electrons. The smallest absolute Gasteiger partial charge is 0.339 e. The molecule has 0 aliphatic heterocycles. The summed E-state index contributed by atoms with van der Waals surface area (Å²) >= 11 is 0. The van der Waals surface area contributed by atoms with Crippen LogP contribution in [-0.4, -0.2) is 33.5 Å². The quantitative estimate of drug-likeness (QED) is 0.565. The van der Waals surface area contributed by atoms with E-state index in [1.165, 1.54) is 18.6 Å². The summed E-state index contributed by atoms with van der Waals surface area (Å²) in [4.78, 5) is 19.3. The van der Waals surface area contributed by atoms with Crippen molar-refractivity contribution in [3.05, 3.63) is 35.7 Å². The Morgan fingerprint density at radius 3 is 2.32 bits per heavy atom. The van der Waals surface area contributed by atoms with Gasteiger partial charge in [0.1, 0.15) is 0 Å². The van der Waals surface area contributed by atoms with Crippen molar-refractivity contribution >= 4 is 5.91 Å². The van der Waals surface area contributed by atoms with Crippen molar-refractivity contribution in [2.75, 3.05) is 6.54 Å². The first-order valence-electron chi connectivity index (χ1n) is 10.8. The van der Waals surface area contributed by atoms with E-state index in [0.717, 1.165) is 37.8 Å². The van der Waals surface area contributed by atoms with Crippen LogP contribution in [0, 0.1) is 5.41 Å². The van der Waals surface area contributed by atoms with Crippen molar-refractivity contribution in [2.45, 2.75) is 77.9 Å². The molecule has 1 aliphatic carbocycles. The number of carbonyl (C=O) groups excluding carboxylic acids is 1. The first-order valence-corrected chi connectivity index (χ1v) is 10.8. The second-order valence-corrected chi connectivity index (χ2v) is 9.45. The first-order chi connectivity index (χ1) is 14.5. The number of halogens is 3. The molecule has 0 bridgehead atoms. The number of aromatic nitrogens is 2. The fourth-order valence-corrected chi connectivity index (χ4v) is 3.96. The highest BCUT2D eigenvalue weighted by Crippen LogP contribution is 2.31. The van der Waals surface area contributed by atoms with E-state index in [1.807, 2.05) is 4.90 Å². The second kappa shape index (κ2) is 9.40. The number of carbonyl (C=O) groups is 1. The van der Waals surface area contributed by atoms with Crippen LogP contribution in [0.25, 0.3) is 11.4 Å². The van der Waals surface area contributed by atoms with Gasteiger partial charge in [-0.2, -0.15) is 18.2 Å². The van der Waals surface area contributed by atoms with Crippen LogP contribution in [0.5, 0.6) is 0 Å². The Labute approximate surface area is 181 Å². The number of nitrogens with zero attached hydrogens (tertiary/aromatic N) is 3. The average Bonchev–Trinajstić information content (AvgIpc) is 3.16. The lowest BCUT2D eigenvalue weighted by molar-refractivity contribution is -0.138. The fraction of sp³-hybridized carbons (Fsp3) is 0.609. The van der Waals surface area contributed by atoms with Crippen molar-refractivity contribution in [1.82, 2.24) is 15.0 Å². The average molecular weight is 438 g/mol. The van der Waals surface area contributed by atoms with E-state index in [1.54, 1.807) is 0 Å². The third kappa shape index (κ3) is 6.55. The zero-order valence-electron chi connectivity index (χ0n) is 18.3. The molecule has 1 aromatic carbocycles. The van der Waals surface area contributed by atoms with Crippen LogP contribution in [0.4, 0.5) is 13.2 Å². The maximum Gasteiger partial charge on any atom is 0.416 e. The lowest BCUT2D eigenvalue weighted by Crippen LogP contribution is -2.43. The number of benzene rings is 1. The summed E-state index contributed by atoms with van der Waals surface area (Å²) in [5.41, 5.74) is -0.360. The van der Waals surface area contributed by atoms with E-state index in [0.29, 0.717) is 30.8 Å². The summed E-state index contributed by atoms with van der Waals surface area (Å²) < 4.78 is 43.5. The van der Waals surface area contributed by atoms with E-state index in [2.05, 4.69) is 30.9 Å². The molecule has 0 unspecified atom stereocenters. The largest absolute Gasteiger partial charge is 0.416 e. The Hall–Kier alpha value is -2.38. The van der Waals surface area contributed by atoms with Gasteiger partial charge in [0.15, 0.2) is 0 Å². The van der Waals surface area contributed by atoms with Crippen LogP contribution in [0.3, 0.4) is 0 Å². The van der Waals surface area contributed by atoms with E-state index >= 15 is 0 Å². The third-order valence-corrected chi connectivity index (χ3v) is 5.52. The Kier molecular flexibility index (Phi) is 7.06. The number of amides is 1. The van der Waals surface area contributed by atoms with Gasteiger partial charge in [-0.15, -0.1) is 0 Å². The molecule has 170 valence electrons. The van der Waals surface area contributed by atoms with Gasteiger partial charge in [0.25, 0.3) is 0 Å². The van der Waals surface area contributed by atoms with Gasteiger partial charge in [-0.05, 0) is 30.4 Å². The van der Waals surface area contributed by atoms with Gasteiger partial charge in [0.2, 0.25) is 17.6 Å². The van der Waals surface area contributed by atoms with Crippen LogP contribution in [0.1, 0.15) is 70.8 Å².